The maximum Gasteiger partial charge on any atom is 0.214 e. The van der Waals surface area contributed by atoms with Crippen molar-refractivity contribution in [1.82, 2.24) is 4.72 Å². The van der Waals surface area contributed by atoms with Gasteiger partial charge >= 0.3 is 0 Å². The molecule has 1 aliphatic heterocycles. The summed E-state index contributed by atoms with van der Waals surface area (Å²) in [7, 11) is -3.21. The summed E-state index contributed by atoms with van der Waals surface area (Å²) in [6.45, 7) is 1.48. The number of hydrogen-bond acceptors (Lipinski definition) is 4. The fourth-order valence-electron chi connectivity index (χ4n) is 2.13. The summed E-state index contributed by atoms with van der Waals surface area (Å²) >= 11 is 0. The molecule has 1 saturated heterocycles. The molecule has 2 aliphatic rings. The lowest BCUT2D eigenvalue weighted by Crippen LogP contribution is -2.47. The SMILES string of the molecule is NCC(NS(=O)(=O)C1CCOCC1)C1CC1. The molecule has 1 unspecified atom stereocenters. The van der Waals surface area contributed by atoms with Crippen molar-refractivity contribution in [3.8, 4) is 0 Å². The van der Waals surface area contributed by atoms with Gasteiger partial charge in [-0.1, -0.05) is 0 Å². The monoisotopic (exact) mass is 248 g/mol. The highest BCUT2D eigenvalue weighted by Crippen LogP contribution is 2.33. The minimum atomic E-state index is -3.21. The van der Waals surface area contributed by atoms with E-state index in [0.717, 1.165) is 12.8 Å². The molecule has 0 bridgehead atoms. The van der Waals surface area contributed by atoms with Crippen LogP contribution >= 0.6 is 0 Å². The molecule has 0 aromatic carbocycles. The van der Waals surface area contributed by atoms with E-state index < -0.39 is 10.0 Å². The second-order valence-corrected chi connectivity index (χ2v) is 6.65. The summed E-state index contributed by atoms with van der Waals surface area (Å²) in [6.07, 6.45) is 3.38. The van der Waals surface area contributed by atoms with Crippen LogP contribution in [0.5, 0.6) is 0 Å². The Bertz CT molecular complexity index is 321. The molecule has 0 aromatic rings. The van der Waals surface area contributed by atoms with Gasteiger partial charge in [0.05, 0.1) is 5.25 Å². The number of rotatable bonds is 5. The van der Waals surface area contributed by atoms with Gasteiger partial charge in [0.15, 0.2) is 0 Å². The van der Waals surface area contributed by atoms with Crippen molar-refractivity contribution in [2.45, 2.75) is 37.0 Å². The number of hydrogen-bond donors (Lipinski definition) is 2. The molecule has 5 nitrogen and oxygen atoms in total. The minimum Gasteiger partial charge on any atom is -0.381 e. The molecule has 0 aromatic heterocycles. The van der Waals surface area contributed by atoms with Crippen LogP contribution in [0.15, 0.2) is 0 Å². The van der Waals surface area contributed by atoms with Crippen LogP contribution < -0.4 is 10.5 Å². The predicted molar refractivity (Wildman–Crippen MR) is 61.5 cm³/mol. The molecule has 16 heavy (non-hydrogen) atoms. The molecule has 3 N–H and O–H groups in total. The molecule has 2 fully saturated rings. The second kappa shape index (κ2) is 5.00. The van der Waals surface area contributed by atoms with Gasteiger partial charge in [-0.05, 0) is 31.6 Å². The van der Waals surface area contributed by atoms with Gasteiger partial charge in [0.25, 0.3) is 0 Å². The molecule has 0 radical (unpaired) electrons. The number of nitrogens with two attached hydrogens (primary N) is 1. The van der Waals surface area contributed by atoms with Crippen molar-refractivity contribution in [1.29, 1.82) is 0 Å². The molecule has 0 amide bonds. The van der Waals surface area contributed by atoms with Crippen LogP contribution in [0.2, 0.25) is 0 Å². The van der Waals surface area contributed by atoms with Gasteiger partial charge < -0.3 is 10.5 Å². The van der Waals surface area contributed by atoms with Crippen molar-refractivity contribution >= 4 is 10.0 Å². The fourth-order valence-corrected chi connectivity index (χ4v) is 3.85. The van der Waals surface area contributed by atoms with Crippen LogP contribution in [0.25, 0.3) is 0 Å². The Balaban J connectivity index is 1.94. The van der Waals surface area contributed by atoms with E-state index >= 15 is 0 Å². The zero-order valence-corrected chi connectivity index (χ0v) is 10.2. The van der Waals surface area contributed by atoms with Gasteiger partial charge in [0, 0.05) is 25.8 Å². The summed E-state index contributed by atoms with van der Waals surface area (Å²) in [5.41, 5.74) is 5.60. The number of nitrogens with one attached hydrogen (secondary N) is 1. The molecule has 6 heteroatoms. The van der Waals surface area contributed by atoms with E-state index in [2.05, 4.69) is 4.72 Å². The first-order chi connectivity index (χ1) is 7.63. The Morgan fingerprint density at radius 3 is 2.38 bits per heavy atom. The summed E-state index contributed by atoms with van der Waals surface area (Å²) in [5, 5.41) is -0.297. The first kappa shape index (κ1) is 12.3. The largest absolute Gasteiger partial charge is 0.381 e. The lowest BCUT2D eigenvalue weighted by Gasteiger charge is -2.25. The zero-order valence-electron chi connectivity index (χ0n) is 9.39. The summed E-state index contributed by atoms with van der Waals surface area (Å²) in [4.78, 5) is 0. The van der Waals surface area contributed by atoms with Gasteiger partial charge in [0.1, 0.15) is 0 Å². The summed E-state index contributed by atoms with van der Waals surface area (Å²) in [5.74, 6) is 0.458. The van der Waals surface area contributed by atoms with E-state index in [1.165, 1.54) is 0 Å². The smallest absolute Gasteiger partial charge is 0.214 e. The normalized spacial score (nSPS) is 25.6. The molecule has 1 heterocycles. The Morgan fingerprint density at radius 1 is 1.25 bits per heavy atom. The van der Waals surface area contributed by atoms with E-state index in [0.29, 0.717) is 38.5 Å². The standard InChI is InChI=1S/C10H20N2O3S/c11-7-10(8-1-2-8)12-16(13,14)9-3-5-15-6-4-9/h8-10,12H,1-7,11H2. The number of ether oxygens (including phenoxy) is 1. The first-order valence-electron chi connectivity index (χ1n) is 5.92. The van der Waals surface area contributed by atoms with Gasteiger partial charge in [-0.3, -0.25) is 0 Å². The van der Waals surface area contributed by atoms with Crippen molar-refractivity contribution in [3.05, 3.63) is 0 Å². The highest BCUT2D eigenvalue weighted by Gasteiger charge is 2.36. The van der Waals surface area contributed by atoms with Crippen LogP contribution in [0.4, 0.5) is 0 Å². The highest BCUT2D eigenvalue weighted by molar-refractivity contribution is 7.90. The Labute approximate surface area is 96.8 Å². The van der Waals surface area contributed by atoms with Gasteiger partial charge in [-0.15, -0.1) is 0 Å². The topological polar surface area (TPSA) is 81.4 Å². The highest BCUT2D eigenvalue weighted by atomic mass is 32.2. The molecular formula is C10H20N2O3S. The van der Waals surface area contributed by atoms with E-state index in [9.17, 15) is 8.42 Å². The Kier molecular flexibility index (Phi) is 3.84. The van der Waals surface area contributed by atoms with Crippen molar-refractivity contribution in [2.24, 2.45) is 11.7 Å². The number of sulfonamides is 1. The third kappa shape index (κ3) is 2.94. The quantitative estimate of drug-likeness (QED) is 0.707. The molecule has 94 valence electrons. The molecule has 1 saturated carbocycles. The van der Waals surface area contributed by atoms with Crippen LogP contribution in [0.1, 0.15) is 25.7 Å². The fraction of sp³-hybridized carbons (Fsp3) is 1.00. The zero-order chi connectivity index (χ0) is 11.6. The molecule has 2 rings (SSSR count). The van der Waals surface area contributed by atoms with Crippen LogP contribution in [0.3, 0.4) is 0 Å². The average molecular weight is 248 g/mol. The van der Waals surface area contributed by atoms with Crippen molar-refractivity contribution in [2.75, 3.05) is 19.8 Å². The average Bonchev–Trinajstić information content (AvgIpc) is 3.11. The molecule has 1 aliphatic carbocycles. The minimum absolute atomic E-state index is 0.0622. The van der Waals surface area contributed by atoms with E-state index in [4.69, 9.17) is 10.5 Å². The lowest BCUT2D eigenvalue weighted by atomic mass is 10.2. The maximum absolute atomic E-state index is 12.1. The van der Waals surface area contributed by atoms with Crippen molar-refractivity contribution < 1.29 is 13.2 Å². The van der Waals surface area contributed by atoms with Gasteiger partial charge in [-0.2, -0.15) is 0 Å². The van der Waals surface area contributed by atoms with Crippen LogP contribution in [-0.4, -0.2) is 39.5 Å². The lowest BCUT2D eigenvalue weighted by molar-refractivity contribution is 0.0980. The third-order valence-corrected chi connectivity index (χ3v) is 5.35. The van der Waals surface area contributed by atoms with Crippen LogP contribution in [0, 0.1) is 5.92 Å². The summed E-state index contributed by atoms with van der Waals surface area (Å²) < 4.78 is 32.1. The van der Waals surface area contributed by atoms with Gasteiger partial charge in [0.2, 0.25) is 10.0 Å². The molecule has 0 spiro atoms. The summed E-state index contributed by atoms with van der Waals surface area (Å²) in [6, 6.07) is -0.0622. The Morgan fingerprint density at radius 2 is 1.88 bits per heavy atom. The molecule has 1 atom stereocenters. The maximum atomic E-state index is 12.1. The van der Waals surface area contributed by atoms with E-state index in [-0.39, 0.29) is 11.3 Å². The predicted octanol–water partition coefficient (Wildman–Crippen LogP) is -0.178. The van der Waals surface area contributed by atoms with Crippen molar-refractivity contribution in [3.63, 3.8) is 0 Å². The Hall–Kier alpha value is -0.170. The van der Waals surface area contributed by atoms with Crippen LogP contribution in [-0.2, 0) is 14.8 Å². The molecular weight excluding hydrogens is 228 g/mol. The van der Waals surface area contributed by atoms with E-state index in [1.54, 1.807) is 0 Å². The third-order valence-electron chi connectivity index (χ3n) is 3.37. The van der Waals surface area contributed by atoms with Gasteiger partial charge in [-0.25, -0.2) is 13.1 Å². The first-order valence-corrected chi connectivity index (χ1v) is 7.47. The second-order valence-electron chi connectivity index (χ2n) is 4.65. The van der Waals surface area contributed by atoms with E-state index in [1.807, 2.05) is 0 Å².